The van der Waals surface area contributed by atoms with Gasteiger partial charge in [0.05, 0.1) is 6.61 Å². The van der Waals surface area contributed by atoms with Crippen molar-refractivity contribution in [2.75, 3.05) is 13.3 Å². The van der Waals surface area contributed by atoms with E-state index < -0.39 is 0 Å². The zero-order chi connectivity index (χ0) is 22.1. The van der Waals surface area contributed by atoms with Crippen LogP contribution in [0.1, 0.15) is 52.7 Å². The number of hydrogen-bond donors (Lipinski definition) is 1. The predicted octanol–water partition coefficient (Wildman–Crippen LogP) is 4.29. The van der Waals surface area contributed by atoms with Gasteiger partial charge in [0.15, 0.2) is 6.79 Å². The third-order valence-corrected chi connectivity index (χ3v) is 7.02. The lowest BCUT2D eigenvalue weighted by Crippen LogP contribution is -2.36. The lowest BCUT2D eigenvalue weighted by atomic mass is 9.81. The summed E-state index contributed by atoms with van der Waals surface area (Å²) in [5.74, 6) is 1.44. The Morgan fingerprint density at radius 2 is 1.94 bits per heavy atom. The third kappa shape index (κ3) is 4.34. The Morgan fingerprint density at radius 3 is 2.75 bits per heavy atom. The maximum absolute atomic E-state index is 12.8. The van der Waals surface area contributed by atoms with Crippen molar-refractivity contribution >= 4 is 23.4 Å². The van der Waals surface area contributed by atoms with E-state index in [0.717, 1.165) is 60.2 Å². The molecule has 5 rings (SSSR count). The van der Waals surface area contributed by atoms with E-state index in [-0.39, 0.29) is 24.5 Å². The van der Waals surface area contributed by atoms with Crippen LogP contribution in [-0.2, 0) is 29.2 Å². The molecule has 2 aliphatic heterocycles. The zero-order valence-electron chi connectivity index (χ0n) is 17.9. The van der Waals surface area contributed by atoms with Crippen molar-refractivity contribution in [3.63, 3.8) is 0 Å². The molecule has 7 heteroatoms. The monoisotopic (exact) mass is 454 g/mol. The molecule has 0 saturated heterocycles. The minimum absolute atomic E-state index is 0.0111. The first-order chi connectivity index (χ1) is 15.6. The van der Waals surface area contributed by atoms with Gasteiger partial charge in [0.2, 0.25) is 5.91 Å². The fourth-order valence-corrected chi connectivity index (χ4v) is 5.36. The van der Waals surface area contributed by atoms with Gasteiger partial charge in [-0.05, 0) is 55.4 Å². The molecule has 0 spiro atoms. The van der Waals surface area contributed by atoms with E-state index in [4.69, 9.17) is 21.1 Å². The van der Waals surface area contributed by atoms with E-state index in [1.165, 1.54) is 0 Å². The third-order valence-electron chi connectivity index (χ3n) is 6.80. The highest BCUT2D eigenvalue weighted by molar-refractivity contribution is 6.30. The second-order valence-electron chi connectivity index (χ2n) is 8.94. The van der Waals surface area contributed by atoms with Crippen molar-refractivity contribution in [2.24, 2.45) is 11.8 Å². The normalized spacial score (nSPS) is 22.2. The molecule has 1 N–H and O–H groups in total. The van der Waals surface area contributed by atoms with E-state index in [9.17, 15) is 9.59 Å². The number of nitrogens with zero attached hydrogens (tertiary/aromatic N) is 1. The Labute approximate surface area is 192 Å². The maximum Gasteiger partial charge on any atom is 0.254 e. The molecule has 2 heterocycles. The standard InChI is InChI=1S/C25H27ClN2O4/c26-21-9-19(23-20(10-21)14-31-15-32-23)11-27-24(29)17-7-5-16(6-8-17)12-28-13-18-3-1-2-4-22(18)25(28)30/h1-4,9-10,16-17H,5-8,11-15H2,(H,27,29). The SMILES string of the molecule is O=C(NCc1cc(Cl)cc2c1OCOC2)C1CCC(CN2Cc3ccccc3C2=O)CC1. The van der Waals surface area contributed by atoms with Crippen LogP contribution >= 0.6 is 11.6 Å². The van der Waals surface area contributed by atoms with Crippen LogP contribution in [0.25, 0.3) is 0 Å². The Bertz CT molecular complexity index is 1030. The number of fused-ring (bicyclic) bond motifs is 2. The minimum Gasteiger partial charge on any atom is -0.467 e. The van der Waals surface area contributed by atoms with Gasteiger partial charge in [0, 0.05) is 47.3 Å². The van der Waals surface area contributed by atoms with Gasteiger partial charge in [0.25, 0.3) is 5.91 Å². The number of amides is 2. The number of benzene rings is 2. The van der Waals surface area contributed by atoms with Crippen molar-refractivity contribution in [1.29, 1.82) is 0 Å². The number of ether oxygens (including phenoxy) is 2. The van der Waals surface area contributed by atoms with E-state index in [2.05, 4.69) is 5.32 Å². The van der Waals surface area contributed by atoms with Crippen molar-refractivity contribution in [2.45, 2.75) is 45.4 Å². The van der Waals surface area contributed by atoms with Crippen LogP contribution in [0.5, 0.6) is 5.75 Å². The molecule has 1 saturated carbocycles. The Balaban J connectivity index is 1.12. The van der Waals surface area contributed by atoms with Crippen LogP contribution in [0, 0.1) is 11.8 Å². The van der Waals surface area contributed by atoms with Gasteiger partial charge in [-0.3, -0.25) is 9.59 Å². The number of rotatable bonds is 5. The topological polar surface area (TPSA) is 67.9 Å². The number of nitrogens with one attached hydrogen (secondary N) is 1. The molecule has 1 aliphatic carbocycles. The fourth-order valence-electron chi connectivity index (χ4n) is 5.10. The van der Waals surface area contributed by atoms with Crippen molar-refractivity contribution in [3.05, 3.63) is 63.7 Å². The highest BCUT2D eigenvalue weighted by Gasteiger charge is 2.32. The molecule has 0 bridgehead atoms. The van der Waals surface area contributed by atoms with Crippen LogP contribution in [0.2, 0.25) is 5.02 Å². The van der Waals surface area contributed by atoms with Crippen LogP contribution in [0.3, 0.4) is 0 Å². The molecule has 0 aromatic heterocycles. The molecule has 32 heavy (non-hydrogen) atoms. The minimum atomic E-state index is 0.0111. The molecular formula is C25H27ClN2O4. The van der Waals surface area contributed by atoms with Gasteiger partial charge >= 0.3 is 0 Å². The molecule has 0 atom stereocenters. The molecule has 1 fully saturated rings. The van der Waals surface area contributed by atoms with Crippen LogP contribution in [-0.4, -0.2) is 30.1 Å². The summed E-state index contributed by atoms with van der Waals surface area (Å²) in [7, 11) is 0. The molecule has 3 aliphatic rings. The lowest BCUT2D eigenvalue weighted by molar-refractivity contribution is -0.126. The summed E-state index contributed by atoms with van der Waals surface area (Å²) in [6.07, 6.45) is 3.63. The summed E-state index contributed by atoms with van der Waals surface area (Å²) in [6, 6.07) is 11.5. The molecule has 2 amide bonds. The van der Waals surface area contributed by atoms with E-state index in [1.54, 1.807) is 0 Å². The maximum atomic E-state index is 12.8. The van der Waals surface area contributed by atoms with Crippen LogP contribution < -0.4 is 10.1 Å². The molecule has 0 radical (unpaired) electrons. The van der Waals surface area contributed by atoms with Crippen LogP contribution in [0.15, 0.2) is 36.4 Å². The smallest absolute Gasteiger partial charge is 0.254 e. The Morgan fingerprint density at radius 1 is 1.12 bits per heavy atom. The first-order valence-electron chi connectivity index (χ1n) is 11.2. The number of carbonyl (C=O) groups is 2. The lowest BCUT2D eigenvalue weighted by Gasteiger charge is -2.30. The first kappa shape index (κ1) is 21.3. The molecule has 6 nitrogen and oxygen atoms in total. The Hall–Kier alpha value is -2.57. The molecule has 168 valence electrons. The van der Waals surface area contributed by atoms with Gasteiger partial charge in [-0.1, -0.05) is 29.8 Å². The summed E-state index contributed by atoms with van der Waals surface area (Å²) in [5.41, 5.74) is 3.74. The van der Waals surface area contributed by atoms with E-state index in [1.807, 2.05) is 41.3 Å². The van der Waals surface area contributed by atoms with E-state index >= 15 is 0 Å². The highest BCUT2D eigenvalue weighted by Crippen LogP contribution is 2.33. The quantitative estimate of drug-likeness (QED) is 0.732. The second kappa shape index (κ2) is 9.12. The summed E-state index contributed by atoms with van der Waals surface area (Å²) >= 11 is 6.22. The molecule has 2 aromatic carbocycles. The Kier molecular flexibility index (Phi) is 6.07. The van der Waals surface area contributed by atoms with Crippen molar-refractivity contribution < 1.29 is 19.1 Å². The van der Waals surface area contributed by atoms with Crippen molar-refractivity contribution in [3.8, 4) is 5.75 Å². The molecular weight excluding hydrogens is 428 g/mol. The van der Waals surface area contributed by atoms with Gasteiger partial charge in [0.1, 0.15) is 5.75 Å². The summed E-state index contributed by atoms with van der Waals surface area (Å²) < 4.78 is 10.9. The van der Waals surface area contributed by atoms with Crippen LogP contribution in [0.4, 0.5) is 0 Å². The zero-order valence-corrected chi connectivity index (χ0v) is 18.7. The highest BCUT2D eigenvalue weighted by atomic mass is 35.5. The largest absolute Gasteiger partial charge is 0.467 e. The van der Waals surface area contributed by atoms with Crippen molar-refractivity contribution in [1.82, 2.24) is 10.2 Å². The summed E-state index contributed by atoms with van der Waals surface area (Å²) in [5, 5.41) is 3.68. The summed E-state index contributed by atoms with van der Waals surface area (Å²) in [6.45, 7) is 2.54. The predicted molar refractivity (Wildman–Crippen MR) is 120 cm³/mol. The number of halogens is 1. The average Bonchev–Trinajstić information content (AvgIpc) is 3.13. The van der Waals surface area contributed by atoms with Gasteiger partial charge in [-0.2, -0.15) is 0 Å². The number of carbonyl (C=O) groups excluding carboxylic acids is 2. The summed E-state index contributed by atoms with van der Waals surface area (Å²) in [4.78, 5) is 27.4. The molecule has 2 aromatic rings. The average molecular weight is 455 g/mol. The van der Waals surface area contributed by atoms with Gasteiger partial charge in [-0.15, -0.1) is 0 Å². The fraction of sp³-hybridized carbons (Fsp3) is 0.440. The van der Waals surface area contributed by atoms with Gasteiger partial charge < -0.3 is 19.7 Å². The van der Waals surface area contributed by atoms with Gasteiger partial charge in [-0.25, -0.2) is 0 Å². The van der Waals surface area contributed by atoms with E-state index in [0.29, 0.717) is 30.6 Å². The molecule has 0 unspecified atom stereocenters. The first-order valence-corrected chi connectivity index (χ1v) is 11.6. The second-order valence-corrected chi connectivity index (χ2v) is 9.38. The number of hydrogen-bond acceptors (Lipinski definition) is 4.